The minimum Gasteiger partial charge on any atom is -0.408 e. The Balaban J connectivity index is 1.01. The van der Waals surface area contributed by atoms with Crippen molar-refractivity contribution in [2.45, 2.75) is 43.5 Å². The third-order valence-corrected chi connectivity index (χ3v) is 10.4. The van der Waals surface area contributed by atoms with Crippen molar-refractivity contribution in [2.75, 3.05) is 26.2 Å². The highest BCUT2D eigenvalue weighted by molar-refractivity contribution is 7.89. The number of fused-ring (bicyclic) bond motifs is 1. The van der Waals surface area contributed by atoms with Crippen LogP contribution in [0.1, 0.15) is 37.1 Å². The first kappa shape index (κ1) is 27.4. The molecule has 2 fully saturated rings. The van der Waals surface area contributed by atoms with E-state index in [1.54, 1.807) is 19.4 Å². The Morgan fingerprint density at radius 2 is 1.73 bits per heavy atom. The van der Waals surface area contributed by atoms with Crippen molar-refractivity contribution in [3.05, 3.63) is 76.8 Å². The SMILES string of the molecule is Cn1c(=O)oc2cc(S(=O)(=O)N3CCC(C(=O)N4CCC(Cc5nncn5Cc5ccccc5)CC4)CC3)ccc21. The molecule has 2 aliphatic heterocycles. The van der Waals surface area contributed by atoms with Crippen LogP contribution < -0.4 is 5.76 Å². The van der Waals surface area contributed by atoms with E-state index in [2.05, 4.69) is 26.9 Å². The van der Waals surface area contributed by atoms with E-state index >= 15 is 0 Å². The van der Waals surface area contributed by atoms with Crippen molar-refractivity contribution in [2.24, 2.45) is 18.9 Å². The molecule has 4 heterocycles. The monoisotopic (exact) mass is 578 g/mol. The number of piperidine rings is 2. The molecule has 2 saturated heterocycles. The van der Waals surface area contributed by atoms with Crippen LogP contribution in [0.25, 0.3) is 11.1 Å². The number of amides is 1. The first-order valence-corrected chi connectivity index (χ1v) is 15.5. The lowest BCUT2D eigenvalue weighted by Crippen LogP contribution is -2.46. The molecule has 11 nitrogen and oxygen atoms in total. The molecule has 2 aromatic carbocycles. The van der Waals surface area contributed by atoms with Gasteiger partial charge in [-0.1, -0.05) is 30.3 Å². The van der Waals surface area contributed by atoms with E-state index in [0.29, 0.717) is 37.4 Å². The van der Waals surface area contributed by atoms with Crippen LogP contribution in [0.5, 0.6) is 0 Å². The Kier molecular flexibility index (Phi) is 7.52. The van der Waals surface area contributed by atoms with Gasteiger partial charge in [-0.25, -0.2) is 13.2 Å². The minimum atomic E-state index is -3.76. The largest absolute Gasteiger partial charge is 0.419 e. The lowest BCUT2D eigenvalue weighted by molar-refractivity contribution is -0.138. The number of carbonyl (C=O) groups excluding carboxylic acids is 1. The van der Waals surface area contributed by atoms with Gasteiger partial charge in [-0.3, -0.25) is 9.36 Å². The molecular weight excluding hydrogens is 544 g/mol. The number of hydrogen-bond donors (Lipinski definition) is 0. The van der Waals surface area contributed by atoms with Gasteiger partial charge < -0.3 is 13.9 Å². The van der Waals surface area contributed by atoms with E-state index in [1.807, 2.05) is 23.1 Å². The molecule has 6 rings (SSSR count). The Labute approximate surface area is 238 Å². The van der Waals surface area contributed by atoms with Crippen LogP contribution in [-0.2, 0) is 34.8 Å². The van der Waals surface area contributed by atoms with Crippen molar-refractivity contribution in [1.82, 2.24) is 28.5 Å². The fraction of sp³-hybridized carbons (Fsp3) is 0.448. The molecular formula is C29H34N6O5S. The first-order valence-electron chi connectivity index (χ1n) is 14.1. The number of oxazole rings is 1. The van der Waals surface area contributed by atoms with Crippen LogP contribution in [-0.4, -0.2) is 69.0 Å². The van der Waals surface area contributed by atoms with Gasteiger partial charge in [0, 0.05) is 51.6 Å². The summed E-state index contributed by atoms with van der Waals surface area (Å²) in [5.74, 6) is 0.822. The standard InChI is InChI=1S/C29H34N6O5S/c1-32-25-8-7-24(18-26(25)40-29(32)37)41(38,39)35-15-11-23(12-16-35)28(36)33-13-9-21(10-14-33)17-27-31-30-20-34(27)19-22-5-3-2-4-6-22/h2-8,18,20-21,23H,9-17,19H2,1H3. The summed E-state index contributed by atoms with van der Waals surface area (Å²) in [6, 6.07) is 14.7. The fourth-order valence-electron chi connectivity index (χ4n) is 5.99. The maximum atomic E-state index is 13.3. The summed E-state index contributed by atoms with van der Waals surface area (Å²) in [6.07, 6.45) is 5.42. The van der Waals surface area contributed by atoms with Crippen molar-refractivity contribution in [3.8, 4) is 0 Å². The van der Waals surface area contributed by atoms with E-state index < -0.39 is 15.8 Å². The zero-order valence-electron chi connectivity index (χ0n) is 23.1. The van der Waals surface area contributed by atoms with Gasteiger partial charge in [0.05, 0.1) is 17.0 Å². The predicted octanol–water partition coefficient (Wildman–Crippen LogP) is 2.65. The van der Waals surface area contributed by atoms with E-state index in [1.165, 1.54) is 26.6 Å². The molecule has 0 bridgehead atoms. The molecule has 1 amide bonds. The summed E-state index contributed by atoms with van der Waals surface area (Å²) in [6.45, 7) is 2.71. The molecule has 0 saturated carbocycles. The van der Waals surface area contributed by atoms with Gasteiger partial charge in [-0.2, -0.15) is 4.31 Å². The van der Waals surface area contributed by atoms with Gasteiger partial charge in [-0.15, -0.1) is 10.2 Å². The second kappa shape index (κ2) is 11.2. The Morgan fingerprint density at radius 1 is 1.00 bits per heavy atom. The van der Waals surface area contributed by atoms with Crippen LogP contribution >= 0.6 is 0 Å². The van der Waals surface area contributed by atoms with E-state index in [9.17, 15) is 18.0 Å². The topological polar surface area (TPSA) is 124 Å². The van der Waals surface area contributed by atoms with E-state index in [0.717, 1.165) is 31.6 Å². The smallest absolute Gasteiger partial charge is 0.408 e. The Bertz CT molecular complexity index is 1690. The van der Waals surface area contributed by atoms with E-state index in [4.69, 9.17) is 4.42 Å². The molecule has 12 heteroatoms. The van der Waals surface area contributed by atoms with Gasteiger partial charge in [0.1, 0.15) is 12.2 Å². The number of aromatic nitrogens is 4. The maximum absolute atomic E-state index is 13.3. The number of hydrogen-bond acceptors (Lipinski definition) is 7. The minimum absolute atomic E-state index is 0.0887. The van der Waals surface area contributed by atoms with Crippen LogP contribution in [0.4, 0.5) is 0 Å². The average molecular weight is 579 g/mol. The number of likely N-dealkylation sites (tertiary alicyclic amines) is 1. The van der Waals surface area contributed by atoms with Crippen molar-refractivity contribution < 1.29 is 17.6 Å². The summed E-state index contributed by atoms with van der Waals surface area (Å²) >= 11 is 0. The van der Waals surface area contributed by atoms with Gasteiger partial charge in [-0.05, 0) is 49.3 Å². The number of aryl methyl sites for hydroxylation is 1. The normalized spacial score (nSPS) is 17.8. The quantitative estimate of drug-likeness (QED) is 0.330. The summed E-state index contributed by atoms with van der Waals surface area (Å²) < 4.78 is 36.6. The molecule has 0 atom stereocenters. The fourth-order valence-corrected chi connectivity index (χ4v) is 7.48. The van der Waals surface area contributed by atoms with Gasteiger partial charge in [0.15, 0.2) is 5.58 Å². The number of sulfonamides is 1. The highest BCUT2D eigenvalue weighted by Crippen LogP contribution is 2.29. The summed E-state index contributed by atoms with van der Waals surface area (Å²) in [5.41, 5.74) is 1.98. The second-order valence-corrected chi connectivity index (χ2v) is 13.0. The second-order valence-electron chi connectivity index (χ2n) is 11.1. The van der Waals surface area contributed by atoms with Crippen LogP contribution in [0.2, 0.25) is 0 Å². The molecule has 0 N–H and O–H groups in total. The molecule has 2 aromatic heterocycles. The maximum Gasteiger partial charge on any atom is 0.419 e. The lowest BCUT2D eigenvalue weighted by atomic mass is 9.90. The average Bonchev–Trinajstić information content (AvgIpc) is 3.55. The van der Waals surface area contributed by atoms with Crippen LogP contribution in [0.3, 0.4) is 0 Å². The van der Waals surface area contributed by atoms with Gasteiger partial charge >= 0.3 is 5.76 Å². The number of benzene rings is 2. The summed E-state index contributed by atoms with van der Waals surface area (Å²) in [7, 11) is -2.19. The Morgan fingerprint density at radius 3 is 2.46 bits per heavy atom. The van der Waals surface area contributed by atoms with Crippen LogP contribution in [0.15, 0.2) is 69.0 Å². The molecule has 0 unspecified atom stereocenters. The zero-order valence-corrected chi connectivity index (χ0v) is 23.9. The van der Waals surface area contributed by atoms with Crippen molar-refractivity contribution in [3.63, 3.8) is 0 Å². The summed E-state index contributed by atoms with van der Waals surface area (Å²) in [4.78, 5) is 27.2. The van der Waals surface area contributed by atoms with Gasteiger partial charge in [0.25, 0.3) is 0 Å². The predicted molar refractivity (Wildman–Crippen MR) is 152 cm³/mol. The first-order chi connectivity index (χ1) is 19.8. The molecule has 2 aliphatic rings. The molecule has 216 valence electrons. The lowest BCUT2D eigenvalue weighted by Gasteiger charge is -2.37. The molecule has 0 radical (unpaired) electrons. The molecule has 4 aromatic rings. The van der Waals surface area contributed by atoms with E-state index in [-0.39, 0.29) is 35.4 Å². The zero-order chi connectivity index (χ0) is 28.6. The third kappa shape index (κ3) is 5.58. The Hall–Kier alpha value is -3.77. The van der Waals surface area contributed by atoms with Gasteiger partial charge in [0.2, 0.25) is 15.9 Å². The number of carbonyl (C=O) groups is 1. The molecule has 0 spiro atoms. The molecule has 0 aliphatic carbocycles. The highest BCUT2D eigenvalue weighted by Gasteiger charge is 2.35. The highest BCUT2D eigenvalue weighted by atomic mass is 32.2. The number of rotatable bonds is 7. The summed E-state index contributed by atoms with van der Waals surface area (Å²) in [5, 5.41) is 8.49. The van der Waals surface area contributed by atoms with Crippen molar-refractivity contribution in [1.29, 1.82) is 0 Å². The molecule has 41 heavy (non-hydrogen) atoms. The number of nitrogens with zero attached hydrogens (tertiary/aromatic N) is 6. The van der Waals surface area contributed by atoms with Crippen LogP contribution in [0, 0.1) is 11.8 Å². The third-order valence-electron chi connectivity index (χ3n) is 8.49. The van der Waals surface area contributed by atoms with Crippen molar-refractivity contribution >= 4 is 27.0 Å².